The lowest BCUT2D eigenvalue weighted by Gasteiger charge is -2.12. The van der Waals surface area contributed by atoms with Gasteiger partial charge in [-0.1, -0.05) is 6.92 Å². The van der Waals surface area contributed by atoms with Gasteiger partial charge in [0.2, 0.25) is 5.91 Å². The van der Waals surface area contributed by atoms with Crippen LogP contribution in [-0.2, 0) is 4.79 Å². The van der Waals surface area contributed by atoms with Crippen LogP contribution < -0.4 is 5.73 Å². The Morgan fingerprint density at radius 2 is 2.22 bits per heavy atom. The number of thiol groups is 2. The minimum Gasteiger partial charge on any atom is -0.369 e. The summed E-state index contributed by atoms with van der Waals surface area (Å²) in [6.45, 7) is 1.83. The second-order valence-electron chi connectivity index (χ2n) is 1.93. The Balaban J connectivity index is 3.83. The van der Waals surface area contributed by atoms with Crippen molar-refractivity contribution in [3.8, 4) is 0 Å². The van der Waals surface area contributed by atoms with Gasteiger partial charge in [0.15, 0.2) is 0 Å². The van der Waals surface area contributed by atoms with Gasteiger partial charge in [-0.05, 0) is 0 Å². The minimum absolute atomic E-state index is 0.000000000000000222. The molecule has 0 rings (SSSR count). The van der Waals surface area contributed by atoms with Gasteiger partial charge in [0.25, 0.3) is 0 Å². The van der Waals surface area contributed by atoms with E-state index in [-0.39, 0.29) is 17.1 Å². The van der Waals surface area contributed by atoms with Gasteiger partial charge in [0.1, 0.15) is 0 Å². The summed E-state index contributed by atoms with van der Waals surface area (Å²) >= 11 is 8.01. The molecule has 0 saturated carbocycles. The fourth-order valence-electron chi connectivity index (χ4n) is 0.480. The lowest BCUT2D eigenvalue weighted by Crippen LogP contribution is -2.30. The Kier molecular flexibility index (Phi) is 4.14. The molecule has 0 aromatic carbocycles. The molecule has 0 heterocycles. The number of hydrogen-bond donors (Lipinski definition) is 3. The number of carbonyl (C=O) groups is 1. The van der Waals surface area contributed by atoms with Crippen LogP contribution >= 0.6 is 25.3 Å². The van der Waals surface area contributed by atoms with Gasteiger partial charge in [0.05, 0.1) is 5.92 Å². The average molecular weight is 165 g/mol. The van der Waals surface area contributed by atoms with Crippen LogP contribution in [-0.4, -0.2) is 16.9 Å². The first-order chi connectivity index (χ1) is 4.09. The van der Waals surface area contributed by atoms with E-state index >= 15 is 0 Å². The third kappa shape index (κ3) is 3.01. The monoisotopic (exact) mass is 165 g/mol. The molecule has 54 valence electrons. The smallest absolute Gasteiger partial charge is 0.222 e. The molecule has 0 aliphatic rings. The molecule has 2 atom stereocenters. The maximum Gasteiger partial charge on any atom is 0.222 e. The van der Waals surface area contributed by atoms with E-state index in [1.54, 1.807) is 0 Å². The van der Waals surface area contributed by atoms with Crippen LogP contribution in [0, 0.1) is 5.92 Å². The fraction of sp³-hybridized carbons (Fsp3) is 0.800. The zero-order chi connectivity index (χ0) is 7.44. The maximum atomic E-state index is 10.5. The first-order valence-electron chi connectivity index (χ1n) is 2.67. The summed E-state index contributed by atoms with van der Waals surface area (Å²) in [6, 6.07) is 0. The molecule has 0 radical (unpaired) electrons. The first kappa shape index (κ1) is 9.17. The van der Waals surface area contributed by atoms with Crippen LogP contribution in [0.1, 0.15) is 6.92 Å². The van der Waals surface area contributed by atoms with E-state index in [1.807, 2.05) is 6.92 Å². The van der Waals surface area contributed by atoms with E-state index < -0.39 is 0 Å². The van der Waals surface area contributed by atoms with Crippen molar-refractivity contribution in [2.75, 3.05) is 5.75 Å². The van der Waals surface area contributed by atoms with Crippen molar-refractivity contribution in [2.24, 2.45) is 11.7 Å². The lowest BCUT2D eigenvalue weighted by molar-refractivity contribution is -0.121. The molecule has 1 amide bonds. The highest BCUT2D eigenvalue weighted by Gasteiger charge is 2.17. The Hall–Kier alpha value is 0.170. The second kappa shape index (κ2) is 4.06. The van der Waals surface area contributed by atoms with E-state index in [4.69, 9.17) is 5.73 Å². The largest absolute Gasteiger partial charge is 0.369 e. The van der Waals surface area contributed by atoms with Crippen molar-refractivity contribution < 1.29 is 4.79 Å². The van der Waals surface area contributed by atoms with Crippen LogP contribution in [0.4, 0.5) is 0 Å². The SMILES string of the molecule is CC(S)C(CS)C(N)=O. The molecule has 0 saturated heterocycles. The number of carbonyl (C=O) groups excluding carboxylic acids is 1. The number of amides is 1. The topological polar surface area (TPSA) is 43.1 Å². The molecule has 0 aliphatic heterocycles. The summed E-state index contributed by atoms with van der Waals surface area (Å²) in [5, 5.41) is -0.000000000000000222. The highest BCUT2D eigenvalue weighted by molar-refractivity contribution is 7.81. The molecule has 0 bridgehead atoms. The maximum absolute atomic E-state index is 10.5. The quantitative estimate of drug-likeness (QED) is 0.519. The molecule has 0 spiro atoms. The summed E-state index contributed by atoms with van der Waals surface area (Å²) in [5.74, 6) is -0.0656. The zero-order valence-electron chi connectivity index (χ0n) is 5.24. The fourth-order valence-corrected chi connectivity index (χ4v) is 1.40. The summed E-state index contributed by atoms with van der Waals surface area (Å²) < 4.78 is 0. The molecule has 0 aromatic rings. The first-order valence-corrected chi connectivity index (χ1v) is 3.82. The van der Waals surface area contributed by atoms with Crippen molar-refractivity contribution in [1.29, 1.82) is 0 Å². The van der Waals surface area contributed by atoms with Crippen LogP contribution in [0.25, 0.3) is 0 Å². The summed E-state index contributed by atoms with van der Waals surface area (Å²) in [4.78, 5) is 10.5. The van der Waals surface area contributed by atoms with Gasteiger partial charge in [0, 0.05) is 11.0 Å². The number of rotatable bonds is 3. The average Bonchev–Trinajstić information content (AvgIpc) is 1.64. The summed E-state index contributed by atoms with van der Waals surface area (Å²) in [5.41, 5.74) is 5.01. The molecular weight excluding hydrogens is 154 g/mol. The van der Waals surface area contributed by atoms with E-state index in [2.05, 4.69) is 25.3 Å². The number of primary amides is 1. The zero-order valence-corrected chi connectivity index (χ0v) is 7.03. The Morgan fingerprint density at radius 1 is 1.78 bits per heavy atom. The minimum atomic E-state index is -0.326. The van der Waals surface area contributed by atoms with E-state index in [0.29, 0.717) is 5.75 Å². The number of hydrogen-bond acceptors (Lipinski definition) is 3. The highest BCUT2D eigenvalue weighted by atomic mass is 32.1. The van der Waals surface area contributed by atoms with Gasteiger partial charge >= 0.3 is 0 Å². The predicted octanol–water partition coefficient (Wildman–Crippen LogP) is 0.336. The van der Waals surface area contributed by atoms with Crippen LogP contribution in [0.2, 0.25) is 0 Å². The standard InChI is InChI=1S/C5H11NOS2/c1-3(9)4(2-8)5(6)7/h3-4,8-9H,2H2,1H3,(H2,6,7). The molecule has 4 heteroatoms. The molecule has 2 nitrogen and oxygen atoms in total. The molecule has 2 unspecified atom stereocenters. The normalized spacial score (nSPS) is 16.8. The second-order valence-corrected chi connectivity index (χ2v) is 3.11. The third-order valence-corrected chi connectivity index (χ3v) is 1.90. The van der Waals surface area contributed by atoms with Crippen molar-refractivity contribution in [3.05, 3.63) is 0 Å². The van der Waals surface area contributed by atoms with Crippen molar-refractivity contribution >= 4 is 31.2 Å². The van der Waals surface area contributed by atoms with Gasteiger partial charge in [-0.2, -0.15) is 25.3 Å². The van der Waals surface area contributed by atoms with Crippen molar-refractivity contribution in [1.82, 2.24) is 0 Å². The summed E-state index contributed by atoms with van der Waals surface area (Å²) in [7, 11) is 0. The molecular formula is C5H11NOS2. The van der Waals surface area contributed by atoms with Gasteiger partial charge < -0.3 is 5.73 Å². The molecule has 2 N–H and O–H groups in total. The van der Waals surface area contributed by atoms with Crippen LogP contribution in [0.5, 0.6) is 0 Å². The van der Waals surface area contributed by atoms with Crippen LogP contribution in [0.3, 0.4) is 0 Å². The van der Waals surface area contributed by atoms with Crippen molar-refractivity contribution in [2.45, 2.75) is 12.2 Å². The molecule has 0 aromatic heterocycles. The predicted molar refractivity (Wildman–Crippen MR) is 45.0 cm³/mol. The van der Waals surface area contributed by atoms with Crippen molar-refractivity contribution in [3.63, 3.8) is 0 Å². The lowest BCUT2D eigenvalue weighted by atomic mass is 10.1. The van der Waals surface area contributed by atoms with E-state index in [9.17, 15) is 4.79 Å². The third-order valence-electron chi connectivity index (χ3n) is 1.14. The Bertz CT molecular complexity index is 105. The van der Waals surface area contributed by atoms with E-state index in [0.717, 1.165) is 0 Å². The Labute approximate surface area is 66.0 Å². The van der Waals surface area contributed by atoms with Gasteiger partial charge in [-0.15, -0.1) is 0 Å². The summed E-state index contributed by atoms with van der Waals surface area (Å²) in [6.07, 6.45) is 0. The van der Waals surface area contributed by atoms with Gasteiger partial charge in [-0.25, -0.2) is 0 Å². The Morgan fingerprint density at radius 3 is 2.22 bits per heavy atom. The number of nitrogens with two attached hydrogens (primary N) is 1. The van der Waals surface area contributed by atoms with E-state index in [1.165, 1.54) is 0 Å². The highest BCUT2D eigenvalue weighted by Crippen LogP contribution is 2.10. The molecule has 0 aliphatic carbocycles. The van der Waals surface area contributed by atoms with Gasteiger partial charge in [-0.3, -0.25) is 4.79 Å². The molecule has 9 heavy (non-hydrogen) atoms. The molecule has 0 fully saturated rings. The van der Waals surface area contributed by atoms with Crippen LogP contribution in [0.15, 0.2) is 0 Å².